The van der Waals surface area contributed by atoms with Gasteiger partial charge in [-0.3, -0.25) is 9.59 Å². The van der Waals surface area contributed by atoms with Crippen LogP contribution in [0.2, 0.25) is 0 Å². The van der Waals surface area contributed by atoms with Crippen molar-refractivity contribution in [3.8, 4) is 0 Å². The third-order valence-electron chi connectivity index (χ3n) is 1.48. The molecule has 0 heterocycles. The van der Waals surface area contributed by atoms with Gasteiger partial charge in [0.2, 0.25) is 0 Å². The first-order valence-corrected chi connectivity index (χ1v) is 4.36. The van der Waals surface area contributed by atoms with E-state index in [1.165, 1.54) is 0 Å². The summed E-state index contributed by atoms with van der Waals surface area (Å²) in [4.78, 5) is 32.4. The Labute approximate surface area is 77.0 Å². The molecule has 0 bridgehead atoms. The van der Waals surface area contributed by atoms with Gasteiger partial charge in [-0.15, -0.1) is 9.92 Å². The fourth-order valence-corrected chi connectivity index (χ4v) is 0.870. The van der Waals surface area contributed by atoms with Gasteiger partial charge in [-0.2, -0.15) is 0 Å². The summed E-state index contributed by atoms with van der Waals surface area (Å²) in [5.74, 6) is -1.04. The summed E-state index contributed by atoms with van der Waals surface area (Å²) >= 11 is 0. The second-order valence-corrected chi connectivity index (χ2v) is 2.68. The standard InChI is InChI=1S/C8H14N2O3/c1-3-5-7(11)10(9-13)8(12)6-4-2/h3-6H2,1-2H3. The van der Waals surface area contributed by atoms with Gasteiger partial charge in [0.25, 0.3) is 11.8 Å². The fraction of sp³-hybridized carbons (Fsp3) is 0.750. The number of rotatable bonds is 5. The van der Waals surface area contributed by atoms with Gasteiger partial charge in [-0.1, -0.05) is 13.8 Å². The largest absolute Gasteiger partial charge is 0.272 e. The van der Waals surface area contributed by atoms with Crippen LogP contribution >= 0.6 is 0 Å². The maximum atomic E-state index is 11.1. The smallest absolute Gasteiger partial charge is 0.252 e. The number of nitrogens with zero attached hydrogens (tertiary/aromatic N) is 2. The van der Waals surface area contributed by atoms with Crippen LogP contribution in [0.4, 0.5) is 0 Å². The van der Waals surface area contributed by atoms with Crippen molar-refractivity contribution < 1.29 is 9.59 Å². The Hall–Kier alpha value is -1.26. The van der Waals surface area contributed by atoms with Gasteiger partial charge in [0.15, 0.2) is 0 Å². The highest BCUT2D eigenvalue weighted by molar-refractivity contribution is 5.94. The molecule has 2 amide bonds. The lowest BCUT2D eigenvalue weighted by Crippen LogP contribution is -2.31. The minimum atomic E-state index is -0.518. The van der Waals surface area contributed by atoms with Crippen molar-refractivity contribution in [1.29, 1.82) is 0 Å². The average Bonchev–Trinajstić information content (AvgIpc) is 2.06. The van der Waals surface area contributed by atoms with Crippen LogP contribution in [0, 0.1) is 4.91 Å². The number of carbonyl (C=O) groups is 2. The van der Waals surface area contributed by atoms with Crippen LogP contribution in [0.5, 0.6) is 0 Å². The Morgan fingerprint density at radius 3 is 1.69 bits per heavy atom. The van der Waals surface area contributed by atoms with E-state index in [2.05, 4.69) is 5.29 Å². The van der Waals surface area contributed by atoms with Crippen LogP contribution < -0.4 is 0 Å². The Bertz CT molecular complexity index is 186. The molecule has 0 rings (SSSR count). The van der Waals surface area contributed by atoms with E-state index < -0.39 is 11.8 Å². The molecule has 0 aliphatic carbocycles. The highest BCUT2D eigenvalue weighted by Crippen LogP contribution is 2.02. The summed E-state index contributed by atoms with van der Waals surface area (Å²) < 4.78 is 0. The summed E-state index contributed by atoms with van der Waals surface area (Å²) in [7, 11) is 0. The second-order valence-electron chi connectivity index (χ2n) is 2.68. The quantitative estimate of drug-likeness (QED) is 0.484. The first kappa shape index (κ1) is 11.7. The molecule has 0 saturated carbocycles. The van der Waals surface area contributed by atoms with Crippen LogP contribution in [0.1, 0.15) is 39.5 Å². The molecule has 0 spiro atoms. The lowest BCUT2D eigenvalue weighted by molar-refractivity contribution is -0.145. The third-order valence-corrected chi connectivity index (χ3v) is 1.48. The highest BCUT2D eigenvalue weighted by Gasteiger charge is 2.20. The van der Waals surface area contributed by atoms with Gasteiger partial charge >= 0.3 is 0 Å². The lowest BCUT2D eigenvalue weighted by Gasteiger charge is -2.09. The second kappa shape index (κ2) is 6.28. The molecule has 0 N–H and O–H groups in total. The van der Waals surface area contributed by atoms with Crippen molar-refractivity contribution >= 4 is 11.8 Å². The van der Waals surface area contributed by atoms with Gasteiger partial charge in [0, 0.05) is 12.8 Å². The summed E-state index contributed by atoms with van der Waals surface area (Å²) in [6.07, 6.45) is 1.57. The molecule has 0 saturated heterocycles. The Kier molecular flexibility index (Phi) is 5.67. The van der Waals surface area contributed by atoms with E-state index in [0.29, 0.717) is 17.9 Å². The highest BCUT2D eigenvalue weighted by atomic mass is 16.3. The van der Waals surface area contributed by atoms with Crippen molar-refractivity contribution in [3.63, 3.8) is 0 Å². The van der Waals surface area contributed by atoms with E-state index in [1.807, 2.05) is 0 Å². The van der Waals surface area contributed by atoms with Gasteiger partial charge < -0.3 is 0 Å². The van der Waals surface area contributed by atoms with Crippen molar-refractivity contribution in [3.05, 3.63) is 4.91 Å². The Morgan fingerprint density at radius 1 is 1.08 bits per heavy atom. The first-order chi connectivity index (χ1) is 6.17. The van der Waals surface area contributed by atoms with E-state index in [1.54, 1.807) is 13.8 Å². The van der Waals surface area contributed by atoms with Crippen LogP contribution in [-0.4, -0.2) is 16.8 Å². The Morgan fingerprint density at radius 2 is 1.46 bits per heavy atom. The molecule has 0 aromatic carbocycles. The van der Waals surface area contributed by atoms with Gasteiger partial charge in [-0.05, 0) is 12.8 Å². The molecular weight excluding hydrogens is 172 g/mol. The van der Waals surface area contributed by atoms with Crippen LogP contribution in [0.3, 0.4) is 0 Å². The van der Waals surface area contributed by atoms with Gasteiger partial charge in [0.1, 0.15) is 0 Å². The number of imide groups is 1. The zero-order chi connectivity index (χ0) is 10.3. The molecule has 13 heavy (non-hydrogen) atoms. The molecular formula is C8H14N2O3. The van der Waals surface area contributed by atoms with E-state index in [9.17, 15) is 14.5 Å². The van der Waals surface area contributed by atoms with Crippen molar-refractivity contribution in [2.75, 3.05) is 0 Å². The summed E-state index contributed by atoms with van der Waals surface area (Å²) in [6.45, 7) is 3.59. The molecule has 5 heteroatoms. The summed E-state index contributed by atoms with van der Waals surface area (Å²) in [6, 6.07) is 0. The third kappa shape index (κ3) is 3.78. The first-order valence-electron chi connectivity index (χ1n) is 4.36. The molecule has 0 radical (unpaired) electrons. The molecule has 0 fully saturated rings. The van der Waals surface area contributed by atoms with Crippen molar-refractivity contribution in [2.24, 2.45) is 5.29 Å². The zero-order valence-electron chi connectivity index (χ0n) is 7.95. The average molecular weight is 186 g/mol. The molecule has 0 atom stereocenters. The monoisotopic (exact) mass is 186 g/mol. The summed E-state index contributed by atoms with van der Waals surface area (Å²) in [5.41, 5.74) is 0. The Balaban J connectivity index is 4.23. The van der Waals surface area contributed by atoms with Crippen LogP contribution in [-0.2, 0) is 9.59 Å². The molecule has 0 unspecified atom stereocenters. The molecule has 0 aromatic heterocycles. The van der Waals surface area contributed by atoms with Crippen LogP contribution in [0.15, 0.2) is 5.29 Å². The molecule has 0 aliphatic heterocycles. The maximum Gasteiger partial charge on any atom is 0.252 e. The lowest BCUT2D eigenvalue weighted by atomic mass is 10.3. The van der Waals surface area contributed by atoms with Crippen molar-refractivity contribution in [2.45, 2.75) is 39.5 Å². The molecule has 0 aromatic rings. The van der Waals surface area contributed by atoms with Gasteiger partial charge in [0.05, 0.1) is 5.29 Å². The SMILES string of the molecule is CCCC(=O)N(N=O)C(=O)CCC. The van der Waals surface area contributed by atoms with Gasteiger partial charge in [-0.25, -0.2) is 0 Å². The number of amides is 2. The molecule has 0 aliphatic rings. The molecule has 74 valence electrons. The molecule has 5 nitrogen and oxygen atoms in total. The number of hydrogen-bond acceptors (Lipinski definition) is 4. The predicted octanol–water partition coefficient (Wildman–Crippen LogP) is 1.62. The van der Waals surface area contributed by atoms with E-state index in [4.69, 9.17) is 0 Å². The normalized spacial score (nSPS) is 9.38. The number of carbonyl (C=O) groups excluding carboxylic acids is 2. The topological polar surface area (TPSA) is 66.8 Å². The van der Waals surface area contributed by atoms with E-state index in [-0.39, 0.29) is 12.8 Å². The minimum Gasteiger partial charge on any atom is -0.272 e. The van der Waals surface area contributed by atoms with Crippen LogP contribution in [0.25, 0.3) is 0 Å². The van der Waals surface area contributed by atoms with Crippen molar-refractivity contribution in [1.82, 2.24) is 5.01 Å². The number of hydrogen-bond donors (Lipinski definition) is 0. The van der Waals surface area contributed by atoms with E-state index >= 15 is 0 Å². The fourth-order valence-electron chi connectivity index (χ4n) is 0.870. The summed E-state index contributed by atoms with van der Waals surface area (Å²) in [5, 5.41) is 2.83. The number of nitroso groups, excluding NO2 is 1. The predicted molar refractivity (Wildman–Crippen MR) is 47.5 cm³/mol. The maximum absolute atomic E-state index is 11.1. The zero-order valence-corrected chi connectivity index (χ0v) is 7.95. The van der Waals surface area contributed by atoms with E-state index in [0.717, 1.165) is 0 Å². The minimum absolute atomic E-state index is 0.182.